The highest BCUT2D eigenvalue weighted by Gasteiger charge is 2.31. The van der Waals surface area contributed by atoms with E-state index in [2.05, 4.69) is 29.5 Å². The lowest BCUT2D eigenvalue weighted by Gasteiger charge is -2.36. The molecule has 1 fully saturated rings. The normalized spacial score (nSPS) is 20.4. The number of rotatable bonds is 4. The molecule has 0 unspecified atom stereocenters. The second kappa shape index (κ2) is 9.32. The summed E-state index contributed by atoms with van der Waals surface area (Å²) >= 11 is 0. The van der Waals surface area contributed by atoms with Gasteiger partial charge in [0.25, 0.3) is 11.8 Å². The van der Waals surface area contributed by atoms with E-state index in [1.54, 1.807) is 7.11 Å². The molecule has 2 atom stereocenters. The Morgan fingerprint density at radius 3 is 2.53 bits per heavy atom. The van der Waals surface area contributed by atoms with Crippen molar-refractivity contribution in [2.45, 2.75) is 39.8 Å². The van der Waals surface area contributed by atoms with Gasteiger partial charge >= 0.3 is 0 Å². The molecule has 186 valence electrons. The van der Waals surface area contributed by atoms with E-state index in [-0.39, 0.29) is 23.9 Å². The number of carbonyl (C=O) groups is 2. The number of aromatic nitrogens is 1. The molecule has 3 heterocycles. The molecule has 0 saturated carbocycles. The molecule has 5 rings (SSSR count). The van der Waals surface area contributed by atoms with Gasteiger partial charge in [0.15, 0.2) is 0 Å². The van der Waals surface area contributed by atoms with Gasteiger partial charge in [0.1, 0.15) is 5.75 Å². The molecule has 0 spiro atoms. The van der Waals surface area contributed by atoms with E-state index in [4.69, 9.17) is 4.74 Å². The molecule has 3 aromatic rings. The molecule has 2 amide bonds. The molecule has 2 aliphatic rings. The van der Waals surface area contributed by atoms with Crippen LogP contribution in [0, 0.1) is 13.8 Å². The molecular formula is C29H32N4O3. The number of amides is 2. The van der Waals surface area contributed by atoms with Crippen LogP contribution in [0.1, 0.15) is 46.7 Å². The number of aryl methyl sites for hydroxylation is 1. The summed E-state index contributed by atoms with van der Waals surface area (Å²) in [6.07, 6.45) is 1.87. The molecular weight excluding hydrogens is 452 g/mol. The van der Waals surface area contributed by atoms with Gasteiger partial charge in [-0.1, -0.05) is 24.3 Å². The third kappa shape index (κ3) is 4.20. The quantitative estimate of drug-likeness (QED) is 0.472. The van der Waals surface area contributed by atoms with Crippen molar-refractivity contribution in [2.24, 2.45) is 0 Å². The topological polar surface area (TPSA) is 86.5 Å². The number of piperazine rings is 1. The first kappa shape index (κ1) is 23.9. The number of anilines is 1. The van der Waals surface area contributed by atoms with Gasteiger partial charge in [0, 0.05) is 47.8 Å². The van der Waals surface area contributed by atoms with E-state index >= 15 is 0 Å². The van der Waals surface area contributed by atoms with E-state index in [1.807, 2.05) is 67.3 Å². The van der Waals surface area contributed by atoms with Crippen molar-refractivity contribution < 1.29 is 14.3 Å². The van der Waals surface area contributed by atoms with E-state index in [1.165, 1.54) is 0 Å². The molecule has 0 radical (unpaired) electrons. The number of hydrogen-bond donors (Lipinski definition) is 3. The summed E-state index contributed by atoms with van der Waals surface area (Å²) in [4.78, 5) is 31.9. The third-order valence-electron chi connectivity index (χ3n) is 7.03. The number of nitrogens with zero attached hydrogens (tertiary/aromatic N) is 1. The molecule has 3 N–H and O–H groups in total. The number of methoxy groups -OCH3 is 1. The van der Waals surface area contributed by atoms with Crippen molar-refractivity contribution in [3.63, 3.8) is 0 Å². The van der Waals surface area contributed by atoms with Gasteiger partial charge in [-0.05, 0) is 68.7 Å². The maximum absolute atomic E-state index is 13.5. The molecule has 0 aliphatic carbocycles. The summed E-state index contributed by atoms with van der Waals surface area (Å²) in [5.41, 5.74) is 7.20. The Bertz CT molecular complexity index is 1380. The summed E-state index contributed by atoms with van der Waals surface area (Å²) in [6.45, 7) is 9.39. The number of benzene rings is 2. The van der Waals surface area contributed by atoms with Crippen molar-refractivity contribution in [3.8, 4) is 16.9 Å². The van der Waals surface area contributed by atoms with Crippen LogP contribution in [0.5, 0.6) is 5.75 Å². The highest BCUT2D eigenvalue weighted by atomic mass is 16.5. The second-order valence-electron chi connectivity index (χ2n) is 9.81. The largest absolute Gasteiger partial charge is 0.497 e. The molecule has 0 bridgehead atoms. The van der Waals surface area contributed by atoms with Gasteiger partial charge < -0.3 is 25.3 Å². The van der Waals surface area contributed by atoms with Crippen LogP contribution in [0.3, 0.4) is 0 Å². The Kier molecular flexibility index (Phi) is 6.18. The molecule has 7 nitrogen and oxygen atoms in total. The van der Waals surface area contributed by atoms with Crippen molar-refractivity contribution >= 4 is 29.2 Å². The number of carbonyl (C=O) groups excluding carboxylic acids is 2. The van der Waals surface area contributed by atoms with Crippen LogP contribution in [0.2, 0.25) is 0 Å². The fraction of sp³-hybridized carbons (Fsp3) is 0.310. The fourth-order valence-electron chi connectivity index (χ4n) is 5.45. The Labute approximate surface area is 211 Å². The Hall–Kier alpha value is -3.84. The van der Waals surface area contributed by atoms with Gasteiger partial charge in [-0.15, -0.1) is 0 Å². The first-order chi connectivity index (χ1) is 17.3. The number of aromatic amines is 1. The van der Waals surface area contributed by atoms with Crippen LogP contribution in [-0.4, -0.2) is 54.0 Å². The van der Waals surface area contributed by atoms with E-state index in [0.717, 1.165) is 45.1 Å². The monoisotopic (exact) mass is 484 g/mol. The predicted molar refractivity (Wildman–Crippen MR) is 143 cm³/mol. The van der Waals surface area contributed by atoms with Gasteiger partial charge in [-0.3, -0.25) is 9.59 Å². The zero-order valence-electron chi connectivity index (χ0n) is 21.4. The Morgan fingerprint density at radius 2 is 1.81 bits per heavy atom. The van der Waals surface area contributed by atoms with Crippen LogP contribution in [-0.2, 0) is 4.79 Å². The minimum absolute atomic E-state index is 0.0273. The summed E-state index contributed by atoms with van der Waals surface area (Å²) in [5, 5.41) is 6.47. The minimum Gasteiger partial charge on any atom is -0.497 e. The van der Waals surface area contributed by atoms with Crippen molar-refractivity contribution in [1.82, 2.24) is 15.2 Å². The summed E-state index contributed by atoms with van der Waals surface area (Å²) < 4.78 is 5.41. The fourth-order valence-corrected chi connectivity index (χ4v) is 5.45. The molecule has 2 aliphatic heterocycles. The lowest BCUT2D eigenvalue weighted by molar-refractivity contribution is -0.110. The lowest BCUT2D eigenvalue weighted by Crippen LogP contribution is -2.55. The first-order valence-electron chi connectivity index (χ1n) is 12.3. The maximum Gasteiger partial charge on any atom is 0.256 e. The van der Waals surface area contributed by atoms with Gasteiger partial charge in [0.05, 0.1) is 18.2 Å². The Morgan fingerprint density at radius 1 is 1.08 bits per heavy atom. The van der Waals surface area contributed by atoms with Crippen LogP contribution >= 0.6 is 0 Å². The SMILES string of the molecule is COc1cccc(-c2cccc3c2/C(=C/c2[nH]c(C)c(C(=O)N4C[C@H](C)N[C@@H](C)C4)c2C)C(=O)N3)c1. The van der Waals surface area contributed by atoms with Crippen LogP contribution in [0.25, 0.3) is 22.8 Å². The van der Waals surface area contributed by atoms with Crippen molar-refractivity contribution in [1.29, 1.82) is 0 Å². The number of ether oxygens (including phenoxy) is 1. The second-order valence-corrected chi connectivity index (χ2v) is 9.81. The number of fused-ring (bicyclic) bond motifs is 1. The average molecular weight is 485 g/mol. The van der Waals surface area contributed by atoms with E-state index in [0.29, 0.717) is 24.2 Å². The standard InChI is InChI=1S/C29H32N4O3/c1-16-14-33(15-17(2)30-16)29(35)26-18(3)25(31-19(26)4)13-23-27-22(10-7-11-24(27)32-28(23)34)20-8-6-9-21(12-20)36-5/h6-13,16-17,30-31H,14-15H2,1-5H3,(H,32,34)/b23-13-/t16-,17-/m0/s1. The van der Waals surface area contributed by atoms with Crippen LogP contribution in [0.4, 0.5) is 5.69 Å². The number of hydrogen-bond acceptors (Lipinski definition) is 4. The van der Waals surface area contributed by atoms with E-state index < -0.39 is 0 Å². The van der Waals surface area contributed by atoms with Gasteiger partial charge in [0.2, 0.25) is 0 Å². The summed E-state index contributed by atoms with van der Waals surface area (Å²) in [6, 6.07) is 14.2. The zero-order chi connectivity index (χ0) is 25.6. The predicted octanol–water partition coefficient (Wildman–Crippen LogP) is 4.62. The van der Waals surface area contributed by atoms with E-state index in [9.17, 15) is 9.59 Å². The maximum atomic E-state index is 13.5. The highest BCUT2D eigenvalue weighted by Crippen LogP contribution is 2.41. The minimum atomic E-state index is -0.162. The molecule has 36 heavy (non-hydrogen) atoms. The first-order valence-corrected chi connectivity index (χ1v) is 12.3. The molecule has 1 aromatic heterocycles. The molecule has 2 aromatic carbocycles. The molecule has 7 heteroatoms. The zero-order valence-corrected chi connectivity index (χ0v) is 21.4. The van der Waals surface area contributed by atoms with Crippen molar-refractivity contribution in [2.75, 3.05) is 25.5 Å². The highest BCUT2D eigenvalue weighted by molar-refractivity contribution is 6.36. The lowest BCUT2D eigenvalue weighted by atomic mass is 9.94. The summed E-state index contributed by atoms with van der Waals surface area (Å²) in [7, 11) is 1.64. The van der Waals surface area contributed by atoms with Gasteiger partial charge in [-0.25, -0.2) is 0 Å². The summed E-state index contributed by atoms with van der Waals surface area (Å²) in [5.74, 6) is 0.618. The van der Waals surface area contributed by atoms with Crippen molar-refractivity contribution in [3.05, 3.63) is 70.5 Å². The smallest absolute Gasteiger partial charge is 0.256 e. The van der Waals surface area contributed by atoms with Gasteiger partial charge in [-0.2, -0.15) is 0 Å². The Balaban J connectivity index is 1.56. The molecule has 1 saturated heterocycles. The average Bonchev–Trinajstić information content (AvgIpc) is 3.32. The number of H-pyrrole nitrogens is 1. The third-order valence-corrected chi connectivity index (χ3v) is 7.03. The van der Waals surface area contributed by atoms with Crippen LogP contribution in [0.15, 0.2) is 42.5 Å². The van der Waals surface area contributed by atoms with Crippen LogP contribution < -0.4 is 15.4 Å². The number of nitrogens with one attached hydrogen (secondary N) is 3.